The third kappa shape index (κ3) is 3.20. The monoisotopic (exact) mass is 282 g/mol. The fourth-order valence-corrected chi connectivity index (χ4v) is 2.03. The molecule has 0 amide bonds. The minimum Gasteiger partial charge on any atom is -0.493 e. The standard InChI is InChI=1S/C16H16N3O2/c1-20-16(11-12-21-13-7-3-2-4-8-13)19-17-14-9-5-6-10-15(14)18-19/h2-10H,11-12H2,1H3. The highest BCUT2D eigenvalue weighted by Crippen LogP contribution is 2.15. The lowest BCUT2D eigenvalue weighted by Crippen LogP contribution is -2.18. The number of nitrogens with zero attached hydrogens (tertiary/aromatic N) is 3. The summed E-state index contributed by atoms with van der Waals surface area (Å²) in [6, 6.07) is 17.4. The molecule has 0 fully saturated rings. The van der Waals surface area contributed by atoms with E-state index in [4.69, 9.17) is 9.47 Å². The number of hydrogen-bond donors (Lipinski definition) is 0. The molecule has 1 heterocycles. The number of hydrogen-bond acceptors (Lipinski definition) is 4. The van der Waals surface area contributed by atoms with Crippen LogP contribution in [0.15, 0.2) is 54.6 Å². The minimum absolute atomic E-state index is 0.505. The molecule has 0 saturated carbocycles. The topological polar surface area (TPSA) is 49.2 Å². The van der Waals surface area contributed by atoms with Crippen molar-refractivity contribution in [1.82, 2.24) is 15.0 Å². The first-order valence-electron chi connectivity index (χ1n) is 6.77. The molecule has 0 N–H and O–H groups in total. The highest BCUT2D eigenvalue weighted by atomic mass is 16.5. The van der Waals surface area contributed by atoms with Gasteiger partial charge in [0, 0.05) is 13.5 Å². The van der Waals surface area contributed by atoms with Crippen molar-refractivity contribution in [3.8, 4) is 5.75 Å². The highest BCUT2D eigenvalue weighted by molar-refractivity contribution is 5.73. The molecule has 0 atom stereocenters. The average molecular weight is 282 g/mol. The van der Waals surface area contributed by atoms with Gasteiger partial charge in [-0.1, -0.05) is 30.3 Å². The summed E-state index contributed by atoms with van der Waals surface area (Å²) in [7, 11) is 1.62. The summed E-state index contributed by atoms with van der Waals surface area (Å²) in [5.41, 5.74) is 1.69. The third-order valence-corrected chi connectivity index (χ3v) is 3.07. The maximum atomic E-state index is 5.66. The second kappa shape index (κ2) is 6.37. The summed E-state index contributed by atoms with van der Waals surface area (Å²) in [6.07, 6.45) is 1.24. The van der Waals surface area contributed by atoms with Gasteiger partial charge in [-0.05, 0) is 24.3 Å². The number of fused-ring (bicyclic) bond motifs is 1. The number of rotatable bonds is 6. The van der Waals surface area contributed by atoms with E-state index >= 15 is 0 Å². The number of methoxy groups -OCH3 is 1. The van der Waals surface area contributed by atoms with Gasteiger partial charge in [-0.3, -0.25) is 0 Å². The SMILES string of the molecule is CO[C](CCOc1ccccc1)n1nc2ccccc2n1. The van der Waals surface area contributed by atoms with Crippen molar-refractivity contribution >= 4 is 11.0 Å². The summed E-state index contributed by atoms with van der Waals surface area (Å²) in [5.74, 6) is 0.839. The van der Waals surface area contributed by atoms with Gasteiger partial charge in [-0.25, -0.2) is 0 Å². The van der Waals surface area contributed by atoms with Gasteiger partial charge in [-0.2, -0.15) is 10.2 Å². The van der Waals surface area contributed by atoms with Crippen molar-refractivity contribution in [3.05, 3.63) is 60.8 Å². The van der Waals surface area contributed by atoms with Gasteiger partial charge in [0.2, 0.25) is 6.23 Å². The summed E-state index contributed by atoms with van der Waals surface area (Å²) < 4.78 is 11.0. The molecule has 0 bridgehead atoms. The molecular formula is C16H16N3O2. The zero-order valence-corrected chi connectivity index (χ0v) is 11.8. The third-order valence-electron chi connectivity index (χ3n) is 3.07. The summed E-state index contributed by atoms with van der Waals surface area (Å²) in [6.45, 7) is 0.505. The van der Waals surface area contributed by atoms with Gasteiger partial charge in [0.1, 0.15) is 16.8 Å². The second-order valence-corrected chi connectivity index (χ2v) is 4.49. The van der Waals surface area contributed by atoms with E-state index in [1.54, 1.807) is 7.11 Å². The summed E-state index contributed by atoms with van der Waals surface area (Å²) in [5, 5.41) is 8.80. The van der Waals surface area contributed by atoms with E-state index in [2.05, 4.69) is 10.2 Å². The van der Waals surface area contributed by atoms with Crippen molar-refractivity contribution in [2.75, 3.05) is 13.7 Å². The molecule has 3 aromatic rings. The van der Waals surface area contributed by atoms with E-state index in [-0.39, 0.29) is 0 Å². The predicted molar refractivity (Wildman–Crippen MR) is 79.7 cm³/mol. The molecule has 0 spiro atoms. The van der Waals surface area contributed by atoms with Gasteiger partial charge in [0.05, 0.1) is 6.61 Å². The molecule has 0 saturated heterocycles. The first-order valence-corrected chi connectivity index (χ1v) is 6.77. The Kier molecular flexibility index (Phi) is 4.12. The Labute approximate surface area is 123 Å². The van der Waals surface area contributed by atoms with E-state index in [0.717, 1.165) is 16.8 Å². The Morgan fingerprint density at radius 3 is 2.19 bits per heavy atom. The van der Waals surface area contributed by atoms with E-state index in [1.807, 2.05) is 54.6 Å². The normalized spacial score (nSPS) is 11.1. The second-order valence-electron chi connectivity index (χ2n) is 4.49. The van der Waals surface area contributed by atoms with Crippen LogP contribution in [-0.4, -0.2) is 28.7 Å². The van der Waals surface area contributed by atoms with Crippen LogP contribution in [0.25, 0.3) is 11.0 Å². The molecule has 2 aromatic carbocycles. The molecule has 0 aliphatic rings. The molecule has 5 heteroatoms. The quantitative estimate of drug-likeness (QED) is 0.697. The molecule has 3 rings (SSSR count). The lowest BCUT2D eigenvalue weighted by molar-refractivity contribution is 0.134. The van der Waals surface area contributed by atoms with Gasteiger partial charge in [-0.15, -0.1) is 4.80 Å². The largest absolute Gasteiger partial charge is 0.493 e. The first-order chi connectivity index (χ1) is 10.4. The molecule has 0 aliphatic carbocycles. The van der Waals surface area contributed by atoms with Gasteiger partial charge < -0.3 is 9.47 Å². The Morgan fingerprint density at radius 1 is 0.952 bits per heavy atom. The number of para-hydroxylation sites is 1. The lowest BCUT2D eigenvalue weighted by atomic mass is 10.3. The fraction of sp³-hybridized carbons (Fsp3) is 0.188. The van der Waals surface area contributed by atoms with E-state index in [0.29, 0.717) is 19.3 Å². The molecule has 0 unspecified atom stereocenters. The van der Waals surface area contributed by atoms with Crippen LogP contribution in [0.3, 0.4) is 0 Å². The van der Waals surface area contributed by atoms with Crippen molar-refractivity contribution in [1.29, 1.82) is 0 Å². The molecule has 1 aromatic heterocycles. The Bertz CT molecular complexity index is 664. The highest BCUT2D eigenvalue weighted by Gasteiger charge is 2.15. The molecule has 21 heavy (non-hydrogen) atoms. The number of benzene rings is 2. The van der Waals surface area contributed by atoms with Gasteiger partial charge >= 0.3 is 0 Å². The zero-order chi connectivity index (χ0) is 14.5. The number of ether oxygens (including phenoxy) is 2. The molecule has 5 nitrogen and oxygen atoms in total. The van der Waals surface area contributed by atoms with Crippen LogP contribution in [0.5, 0.6) is 5.75 Å². The van der Waals surface area contributed by atoms with Crippen LogP contribution in [0.4, 0.5) is 0 Å². The first kappa shape index (κ1) is 13.6. The van der Waals surface area contributed by atoms with Gasteiger partial charge in [0.25, 0.3) is 0 Å². The number of aromatic nitrogens is 3. The van der Waals surface area contributed by atoms with E-state index < -0.39 is 0 Å². The average Bonchev–Trinajstić information content (AvgIpc) is 2.96. The smallest absolute Gasteiger partial charge is 0.234 e. The van der Waals surface area contributed by atoms with Crippen LogP contribution in [0.2, 0.25) is 0 Å². The molecule has 107 valence electrons. The fourth-order valence-electron chi connectivity index (χ4n) is 2.03. The van der Waals surface area contributed by atoms with Crippen LogP contribution < -0.4 is 4.74 Å². The maximum absolute atomic E-state index is 5.66. The van der Waals surface area contributed by atoms with Crippen molar-refractivity contribution in [2.45, 2.75) is 6.42 Å². The molecular weight excluding hydrogens is 266 g/mol. The van der Waals surface area contributed by atoms with E-state index in [9.17, 15) is 0 Å². The summed E-state index contributed by atoms with van der Waals surface area (Å²) in [4.78, 5) is 1.53. The van der Waals surface area contributed by atoms with Crippen LogP contribution in [0.1, 0.15) is 6.42 Å². The van der Waals surface area contributed by atoms with Crippen LogP contribution in [-0.2, 0) is 4.74 Å². The summed E-state index contributed by atoms with van der Waals surface area (Å²) >= 11 is 0. The molecule has 1 radical (unpaired) electrons. The van der Waals surface area contributed by atoms with Crippen molar-refractivity contribution < 1.29 is 9.47 Å². The Morgan fingerprint density at radius 2 is 1.57 bits per heavy atom. The molecule has 0 aliphatic heterocycles. The van der Waals surface area contributed by atoms with Crippen molar-refractivity contribution in [2.24, 2.45) is 0 Å². The zero-order valence-electron chi connectivity index (χ0n) is 11.8. The van der Waals surface area contributed by atoms with E-state index in [1.165, 1.54) is 4.80 Å². The Hall–Kier alpha value is -2.40. The maximum Gasteiger partial charge on any atom is 0.234 e. The van der Waals surface area contributed by atoms with Crippen LogP contribution in [0, 0.1) is 6.23 Å². The Balaban J connectivity index is 1.64. The van der Waals surface area contributed by atoms with Crippen molar-refractivity contribution in [3.63, 3.8) is 0 Å². The van der Waals surface area contributed by atoms with Gasteiger partial charge in [0.15, 0.2) is 0 Å². The predicted octanol–water partition coefficient (Wildman–Crippen LogP) is 2.88. The minimum atomic E-state index is 0.505. The lowest BCUT2D eigenvalue weighted by Gasteiger charge is -2.13. The van der Waals surface area contributed by atoms with Crippen LogP contribution >= 0.6 is 0 Å².